The molecule has 0 radical (unpaired) electrons. The van der Waals surface area contributed by atoms with Crippen LogP contribution in [0.4, 0.5) is 29.3 Å². The van der Waals surface area contributed by atoms with Crippen molar-refractivity contribution in [3.63, 3.8) is 0 Å². The Kier molecular flexibility index (Phi) is 7.00. The monoisotopic (exact) mass is 600 g/mol. The average Bonchev–Trinajstić information content (AvgIpc) is 3.19. The van der Waals surface area contributed by atoms with E-state index in [9.17, 15) is 30.8 Å². The van der Waals surface area contributed by atoms with Gasteiger partial charge in [-0.1, -0.05) is 0 Å². The summed E-state index contributed by atoms with van der Waals surface area (Å²) in [5, 5.41) is 14.9. The largest absolute Gasteiger partial charge is 0.309 e. The molecule has 3 aliphatic rings. The highest BCUT2D eigenvalue weighted by Crippen LogP contribution is 2.44. The van der Waals surface area contributed by atoms with Gasteiger partial charge >= 0.3 is 0 Å². The van der Waals surface area contributed by atoms with Crippen molar-refractivity contribution in [2.24, 2.45) is 18.9 Å². The van der Waals surface area contributed by atoms with E-state index in [0.29, 0.717) is 41.5 Å². The molecule has 1 N–H and O–H groups in total. The Morgan fingerprint density at radius 3 is 2.65 bits per heavy atom. The van der Waals surface area contributed by atoms with Gasteiger partial charge < -0.3 is 5.32 Å². The number of ketones is 1. The van der Waals surface area contributed by atoms with Crippen LogP contribution in [-0.2, 0) is 40.9 Å². The molecule has 3 atom stereocenters. The summed E-state index contributed by atoms with van der Waals surface area (Å²) in [5.41, 5.74) is 0.248. The summed E-state index contributed by atoms with van der Waals surface area (Å²) in [5.74, 6) is -0.857. The number of carbonyl (C=O) groups excluding carboxylic acids is 1. The van der Waals surface area contributed by atoms with E-state index in [1.807, 2.05) is 0 Å². The number of halogens is 4. The molecule has 3 heterocycles. The number of nitrogens with zero attached hydrogens (tertiary/aromatic N) is 5. The van der Waals surface area contributed by atoms with Crippen LogP contribution in [0.2, 0.25) is 0 Å². The number of alkyl halides is 4. The van der Waals surface area contributed by atoms with Crippen LogP contribution in [0, 0.1) is 11.8 Å². The lowest BCUT2D eigenvalue weighted by Gasteiger charge is -2.30. The fraction of sp³-hybridized carbons (Fsp3) is 0.600. The summed E-state index contributed by atoms with van der Waals surface area (Å²) in [6.07, 6.45) is -1.46. The number of thiophene rings is 1. The maximum Gasteiger partial charge on any atom is 0.282 e. The molecule has 3 aromatic rings. The van der Waals surface area contributed by atoms with Crippen molar-refractivity contribution >= 4 is 38.7 Å². The van der Waals surface area contributed by atoms with Gasteiger partial charge in [0.2, 0.25) is 5.95 Å². The number of aromatic nitrogens is 5. The van der Waals surface area contributed by atoms with Crippen molar-refractivity contribution in [2.75, 3.05) is 11.1 Å². The number of anilines is 2. The van der Waals surface area contributed by atoms with Gasteiger partial charge in [0.15, 0.2) is 9.84 Å². The third-order valence-corrected chi connectivity index (χ3v) is 11.4. The molecule has 2 fully saturated rings. The third-order valence-electron chi connectivity index (χ3n) is 7.99. The summed E-state index contributed by atoms with van der Waals surface area (Å²) in [4.78, 5) is 14.1. The first-order valence-electron chi connectivity index (χ1n) is 13.2. The second kappa shape index (κ2) is 10.2. The number of sulfone groups is 1. The highest BCUT2D eigenvalue weighted by molar-refractivity contribution is 7.91. The Hall–Kier alpha value is -2.81. The highest BCUT2D eigenvalue weighted by Gasteiger charge is 2.44. The zero-order valence-corrected chi connectivity index (χ0v) is 23.2. The molecule has 2 saturated carbocycles. The summed E-state index contributed by atoms with van der Waals surface area (Å²) in [7, 11) is -2.32. The topological polar surface area (TPSA) is 112 Å². The maximum atomic E-state index is 13.7. The Bertz CT molecular complexity index is 1550. The fourth-order valence-corrected chi connectivity index (χ4v) is 9.59. The number of nitrogens with one attached hydrogen (secondary N) is 1. The van der Waals surface area contributed by atoms with Gasteiger partial charge in [0.25, 0.3) is 6.43 Å². The predicted octanol–water partition coefficient (Wildman–Crippen LogP) is 4.48. The van der Waals surface area contributed by atoms with Crippen LogP contribution in [0.25, 0.3) is 0 Å². The summed E-state index contributed by atoms with van der Waals surface area (Å²) >= 11 is 1.30. The van der Waals surface area contributed by atoms with Crippen molar-refractivity contribution in [1.82, 2.24) is 24.5 Å². The second-order valence-corrected chi connectivity index (χ2v) is 14.1. The molecule has 40 heavy (non-hydrogen) atoms. The van der Waals surface area contributed by atoms with Crippen molar-refractivity contribution in [2.45, 2.75) is 74.7 Å². The van der Waals surface area contributed by atoms with Gasteiger partial charge in [0, 0.05) is 35.3 Å². The smallest absolute Gasteiger partial charge is 0.282 e. The SMILES string of the molecule is Cn1nc(C(F)F)cc1Nc1nncn1[C@H]1CCc2sc(CC(=O)C3C[C@@H]3F)c(S(=O)(=O)CC3CC(F)C3)c2C1. The molecule has 0 amide bonds. The zero-order valence-electron chi connectivity index (χ0n) is 21.6. The lowest BCUT2D eigenvalue weighted by molar-refractivity contribution is -0.119. The van der Waals surface area contributed by atoms with E-state index in [2.05, 4.69) is 20.6 Å². The van der Waals surface area contributed by atoms with E-state index in [1.54, 1.807) is 4.57 Å². The molecule has 3 aliphatic carbocycles. The molecule has 0 bridgehead atoms. The molecular weight excluding hydrogens is 572 g/mol. The van der Waals surface area contributed by atoms with Gasteiger partial charge in [0.05, 0.1) is 16.6 Å². The quantitative estimate of drug-likeness (QED) is 0.342. The van der Waals surface area contributed by atoms with Gasteiger partial charge in [-0.3, -0.25) is 14.0 Å². The molecule has 9 nitrogen and oxygen atoms in total. The average molecular weight is 601 g/mol. The number of aryl methyl sites for hydroxylation is 2. The van der Waals surface area contributed by atoms with E-state index in [4.69, 9.17) is 0 Å². The van der Waals surface area contributed by atoms with E-state index >= 15 is 0 Å². The molecule has 1 unspecified atom stereocenters. The van der Waals surface area contributed by atoms with Crippen LogP contribution in [0.15, 0.2) is 17.3 Å². The van der Waals surface area contributed by atoms with Crippen molar-refractivity contribution < 1.29 is 30.8 Å². The van der Waals surface area contributed by atoms with Crippen LogP contribution in [0.1, 0.15) is 59.2 Å². The first-order valence-corrected chi connectivity index (χ1v) is 15.6. The maximum absolute atomic E-state index is 13.7. The van der Waals surface area contributed by atoms with Crippen molar-refractivity contribution in [1.29, 1.82) is 0 Å². The minimum Gasteiger partial charge on any atom is -0.309 e. The molecule has 0 spiro atoms. The summed E-state index contributed by atoms with van der Waals surface area (Å²) in [6.45, 7) is 0. The Labute approximate surface area is 231 Å². The first-order chi connectivity index (χ1) is 19.0. The first kappa shape index (κ1) is 27.4. The van der Waals surface area contributed by atoms with E-state index in [1.165, 1.54) is 35.5 Å². The Morgan fingerprint density at radius 2 is 2.00 bits per heavy atom. The minimum absolute atomic E-state index is 0.134. The molecular formula is C25H28F4N6O3S2. The van der Waals surface area contributed by atoms with Gasteiger partial charge in [-0.15, -0.1) is 21.5 Å². The summed E-state index contributed by atoms with van der Waals surface area (Å²) < 4.78 is 83.7. The van der Waals surface area contributed by atoms with E-state index in [-0.39, 0.29) is 59.8 Å². The molecule has 6 rings (SSSR count). The van der Waals surface area contributed by atoms with Crippen LogP contribution < -0.4 is 5.32 Å². The lowest BCUT2D eigenvalue weighted by atomic mass is 9.85. The zero-order chi connectivity index (χ0) is 28.3. The third kappa shape index (κ3) is 5.17. The van der Waals surface area contributed by atoms with Crippen LogP contribution in [0.3, 0.4) is 0 Å². The Balaban J connectivity index is 1.30. The standard InChI is InChI=1S/C25H28F4N6O3S2/c1-34-22(8-18(33-34)24(28)29)31-25-32-30-11-35(25)14-2-3-20-16(6-14)23(40(37,38)10-12-4-13(26)5-12)21(39-20)9-19(36)15-7-17(15)27/h8,11-15,17,24H,2-7,9-10H2,1H3,(H,31,32)/t12?,13?,14-,15?,17-/m0/s1. The summed E-state index contributed by atoms with van der Waals surface area (Å²) in [6, 6.07) is 0.970. The Morgan fingerprint density at radius 1 is 1.25 bits per heavy atom. The van der Waals surface area contributed by atoms with Crippen molar-refractivity contribution in [3.8, 4) is 0 Å². The second-order valence-electron chi connectivity index (χ2n) is 10.9. The van der Waals surface area contributed by atoms with Crippen LogP contribution in [0.5, 0.6) is 0 Å². The highest BCUT2D eigenvalue weighted by atomic mass is 32.2. The van der Waals surface area contributed by atoms with Crippen LogP contribution in [-0.4, -0.2) is 56.8 Å². The van der Waals surface area contributed by atoms with E-state index < -0.39 is 34.5 Å². The number of hydrogen-bond acceptors (Lipinski definition) is 8. The van der Waals surface area contributed by atoms with Gasteiger partial charge in [0.1, 0.15) is 36.0 Å². The van der Waals surface area contributed by atoms with E-state index in [0.717, 1.165) is 4.88 Å². The van der Waals surface area contributed by atoms with Crippen molar-refractivity contribution in [3.05, 3.63) is 33.4 Å². The van der Waals surface area contributed by atoms with Gasteiger partial charge in [-0.2, -0.15) is 5.10 Å². The van der Waals surface area contributed by atoms with Gasteiger partial charge in [-0.25, -0.2) is 26.0 Å². The molecule has 0 aliphatic heterocycles. The number of hydrogen-bond donors (Lipinski definition) is 1. The minimum atomic E-state index is -3.84. The number of fused-ring (bicyclic) bond motifs is 1. The number of rotatable bonds is 10. The normalized spacial score (nSPS) is 26.0. The lowest BCUT2D eigenvalue weighted by Crippen LogP contribution is -2.31. The molecule has 216 valence electrons. The van der Waals surface area contributed by atoms with Gasteiger partial charge in [-0.05, 0) is 50.0 Å². The predicted molar refractivity (Wildman–Crippen MR) is 138 cm³/mol. The molecule has 0 saturated heterocycles. The molecule has 0 aromatic carbocycles. The number of Topliss-reactive ketones (excluding diaryl/α,β-unsaturated/α-hetero) is 1. The fourth-order valence-electron chi connectivity index (χ4n) is 5.71. The molecule has 15 heteroatoms. The van der Waals surface area contributed by atoms with Crippen LogP contribution >= 0.6 is 11.3 Å². The number of carbonyl (C=O) groups is 1. The molecule has 3 aromatic heterocycles.